The minimum Gasteiger partial charge on any atom is -0.427 e. The van der Waals surface area contributed by atoms with E-state index in [4.69, 9.17) is 19.7 Å². The molecule has 0 aliphatic heterocycles. The van der Waals surface area contributed by atoms with Crippen molar-refractivity contribution >= 4 is 46.7 Å². The van der Waals surface area contributed by atoms with Gasteiger partial charge in [-0.1, -0.05) is 18.1 Å². The predicted octanol–water partition coefficient (Wildman–Crippen LogP) is 2.85. The Kier molecular flexibility index (Phi) is 9.12. The van der Waals surface area contributed by atoms with Gasteiger partial charge in [0.15, 0.2) is 11.6 Å². The van der Waals surface area contributed by atoms with Crippen molar-refractivity contribution in [3.63, 3.8) is 0 Å². The topological polar surface area (TPSA) is 196 Å². The van der Waals surface area contributed by atoms with E-state index in [9.17, 15) is 19.2 Å². The molecule has 4 rings (SSSR count). The fraction of sp³-hybridized carbons (Fsp3) is 0.296. The third kappa shape index (κ3) is 6.36. The Bertz CT molecular complexity index is 1610. The lowest BCUT2D eigenvalue weighted by atomic mass is 10.1. The van der Waals surface area contributed by atoms with Crippen molar-refractivity contribution in [1.82, 2.24) is 25.1 Å². The van der Waals surface area contributed by atoms with Gasteiger partial charge in [0.1, 0.15) is 24.1 Å². The van der Waals surface area contributed by atoms with E-state index in [0.717, 1.165) is 11.3 Å². The molecule has 0 bridgehead atoms. The molecule has 0 aliphatic carbocycles. The fourth-order valence-electron chi connectivity index (χ4n) is 3.96. The molecule has 4 aromatic rings. The highest BCUT2D eigenvalue weighted by Crippen LogP contribution is 2.34. The summed E-state index contributed by atoms with van der Waals surface area (Å²) < 4.78 is 16.4. The molecule has 3 aromatic heterocycles. The first-order valence-corrected chi connectivity index (χ1v) is 12.9. The Balaban J connectivity index is 1.80. The summed E-state index contributed by atoms with van der Waals surface area (Å²) in [6, 6.07) is 5.21. The average Bonchev–Trinajstić information content (AvgIpc) is 3.60. The van der Waals surface area contributed by atoms with E-state index in [0.29, 0.717) is 28.8 Å². The van der Waals surface area contributed by atoms with E-state index in [1.54, 1.807) is 26.0 Å². The van der Waals surface area contributed by atoms with Crippen LogP contribution in [0, 0.1) is 13.8 Å². The van der Waals surface area contributed by atoms with Crippen LogP contribution >= 0.6 is 0 Å². The second kappa shape index (κ2) is 12.9. The number of nitrogens with zero attached hydrogens (tertiary/aromatic N) is 5. The first-order valence-electron chi connectivity index (χ1n) is 12.9. The highest BCUT2D eigenvalue weighted by atomic mass is 16.7. The van der Waals surface area contributed by atoms with Gasteiger partial charge in [-0.05, 0) is 50.5 Å². The highest BCUT2D eigenvalue weighted by Gasteiger charge is 2.29. The molecule has 0 fully saturated rings. The Morgan fingerprint density at radius 1 is 1.14 bits per heavy atom. The number of nitrogens with two attached hydrogens (primary N) is 1. The molecule has 4 N–H and O–H groups in total. The summed E-state index contributed by atoms with van der Waals surface area (Å²) in [5, 5.41) is 13.3. The van der Waals surface area contributed by atoms with Crippen molar-refractivity contribution in [1.29, 1.82) is 0 Å². The molecule has 0 radical (unpaired) electrons. The van der Waals surface area contributed by atoms with Gasteiger partial charge < -0.3 is 30.4 Å². The zero-order valence-electron chi connectivity index (χ0n) is 23.4. The summed E-state index contributed by atoms with van der Waals surface area (Å²) in [4.78, 5) is 56.8. The largest absolute Gasteiger partial charge is 0.427 e. The molecule has 220 valence electrons. The summed E-state index contributed by atoms with van der Waals surface area (Å²) >= 11 is 0. The van der Waals surface area contributed by atoms with Crippen molar-refractivity contribution in [2.75, 3.05) is 23.6 Å². The lowest BCUT2D eigenvalue weighted by molar-refractivity contribution is -0.152. The van der Waals surface area contributed by atoms with Gasteiger partial charge in [-0.2, -0.15) is 5.10 Å². The average molecular weight is 579 g/mol. The number of rotatable bonds is 10. The predicted molar refractivity (Wildman–Crippen MR) is 149 cm³/mol. The zero-order valence-corrected chi connectivity index (χ0v) is 23.4. The van der Waals surface area contributed by atoms with Gasteiger partial charge in [0, 0.05) is 24.4 Å². The maximum atomic E-state index is 13.6. The van der Waals surface area contributed by atoms with Gasteiger partial charge in [-0.3, -0.25) is 14.4 Å². The third-order valence-electron chi connectivity index (χ3n) is 6.13. The number of carbonyl (C=O) groups excluding carboxylic acids is 4. The lowest BCUT2D eigenvalue weighted by Gasteiger charge is -2.24. The molecular formula is C27H30N8O7. The van der Waals surface area contributed by atoms with E-state index in [1.165, 1.54) is 42.4 Å². The number of hydrogen-bond donors (Lipinski definition) is 3. The number of amides is 3. The third-order valence-corrected chi connectivity index (χ3v) is 6.13. The molecule has 42 heavy (non-hydrogen) atoms. The second-order valence-corrected chi connectivity index (χ2v) is 9.26. The SMILES string of the molecule is CCCNC(=O)c1cn2ncnc(N(C(=O)OCOC(=O)C(C)N)c3cc(C(=O)Nc4ccon4)ccc3C)c2c1C. The summed E-state index contributed by atoms with van der Waals surface area (Å²) in [5.41, 5.74) is 7.66. The Morgan fingerprint density at radius 3 is 2.62 bits per heavy atom. The van der Waals surface area contributed by atoms with Crippen LogP contribution in [0.5, 0.6) is 0 Å². The summed E-state index contributed by atoms with van der Waals surface area (Å²) in [6.45, 7) is 6.53. The van der Waals surface area contributed by atoms with Crippen LogP contribution in [-0.2, 0) is 14.3 Å². The van der Waals surface area contributed by atoms with Crippen molar-refractivity contribution in [3.05, 3.63) is 65.3 Å². The number of ether oxygens (including phenoxy) is 2. The standard InChI is InChI=1S/C27H30N8O7/c1-5-9-29-25(37)19-12-34-22(16(19)3)23(30-13-31-34)35(27(39)41-14-40-26(38)17(4)28)20-11-18(7-6-15(20)2)24(36)32-21-8-10-42-33-21/h6-8,10-13,17H,5,9,14,28H2,1-4H3,(H,29,37)(H,32,33,36). The highest BCUT2D eigenvalue weighted by molar-refractivity contribution is 6.07. The monoisotopic (exact) mass is 578 g/mol. The minimum absolute atomic E-state index is 0.0534. The van der Waals surface area contributed by atoms with Crippen molar-refractivity contribution in [2.45, 2.75) is 40.2 Å². The zero-order chi connectivity index (χ0) is 30.4. The van der Waals surface area contributed by atoms with Crippen LogP contribution in [0.1, 0.15) is 52.1 Å². The van der Waals surface area contributed by atoms with Crippen LogP contribution in [0.3, 0.4) is 0 Å². The number of nitrogens with one attached hydrogen (secondary N) is 2. The van der Waals surface area contributed by atoms with Crippen molar-refractivity contribution in [2.24, 2.45) is 5.73 Å². The van der Waals surface area contributed by atoms with Crippen molar-refractivity contribution in [3.8, 4) is 0 Å². The number of carbonyl (C=O) groups is 4. The maximum absolute atomic E-state index is 13.6. The molecule has 3 amide bonds. The molecule has 0 saturated heterocycles. The van der Waals surface area contributed by atoms with Gasteiger partial charge in [-0.25, -0.2) is 19.2 Å². The maximum Gasteiger partial charge on any atom is 0.423 e. The second-order valence-electron chi connectivity index (χ2n) is 9.26. The van der Waals surface area contributed by atoms with Crippen LogP contribution in [0.15, 0.2) is 47.6 Å². The quantitative estimate of drug-likeness (QED) is 0.185. The van der Waals surface area contributed by atoms with Crippen LogP contribution in [0.4, 0.5) is 22.1 Å². The fourth-order valence-corrected chi connectivity index (χ4v) is 3.96. The Hall–Kier alpha value is -5.31. The van der Waals surface area contributed by atoms with E-state index in [2.05, 4.69) is 25.9 Å². The normalized spacial score (nSPS) is 11.5. The molecule has 0 saturated carbocycles. The Labute approximate surface area is 239 Å². The molecule has 3 heterocycles. The molecular weight excluding hydrogens is 548 g/mol. The molecule has 1 atom stereocenters. The number of anilines is 3. The summed E-state index contributed by atoms with van der Waals surface area (Å²) in [7, 11) is 0. The molecule has 0 spiro atoms. The van der Waals surface area contributed by atoms with E-state index < -0.39 is 30.8 Å². The molecule has 1 unspecified atom stereocenters. The lowest BCUT2D eigenvalue weighted by Crippen LogP contribution is -2.33. The van der Waals surface area contributed by atoms with Crippen molar-refractivity contribution < 1.29 is 33.2 Å². The smallest absolute Gasteiger partial charge is 0.423 e. The number of benzene rings is 1. The number of aryl methyl sites for hydroxylation is 2. The van der Waals surface area contributed by atoms with Crippen LogP contribution < -0.4 is 21.3 Å². The number of fused-ring (bicyclic) bond motifs is 1. The first-order chi connectivity index (χ1) is 20.1. The minimum atomic E-state index is -0.984. The Morgan fingerprint density at radius 2 is 1.93 bits per heavy atom. The molecule has 1 aromatic carbocycles. The number of esters is 1. The molecule has 15 nitrogen and oxygen atoms in total. The van der Waals surface area contributed by atoms with Gasteiger partial charge in [-0.15, -0.1) is 0 Å². The van der Waals surface area contributed by atoms with E-state index in [-0.39, 0.29) is 28.8 Å². The van der Waals surface area contributed by atoms with Gasteiger partial charge in [0.05, 0.1) is 11.3 Å². The van der Waals surface area contributed by atoms with Crippen LogP contribution in [0.25, 0.3) is 5.52 Å². The van der Waals surface area contributed by atoms with Gasteiger partial charge >= 0.3 is 12.1 Å². The molecule has 0 aliphatic rings. The van der Waals surface area contributed by atoms with E-state index >= 15 is 0 Å². The van der Waals surface area contributed by atoms with Gasteiger partial charge in [0.25, 0.3) is 11.8 Å². The summed E-state index contributed by atoms with van der Waals surface area (Å²) in [5.74, 6) is -1.36. The van der Waals surface area contributed by atoms with Gasteiger partial charge in [0.2, 0.25) is 6.79 Å². The molecule has 15 heteroatoms. The number of hydrogen-bond acceptors (Lipinski definition) is 11. The van der Waals surface area contributed by atoms with Crippen LogP contribution in [-0.4, -0.2) is 63.0 Å². The number of aromatic nitrogens is 4. The van der Waals surface area contributed by atoms with Crippen LogP contribution in [0.2, 0.25) is 0 Å². The van der Waals surface area contributed by atoms with E-state index in [1.807, 2.05) is 6.92 Å². The summed E-state index contributed by atoms with van der Waals surface area (Å²) in [6.07, 6.45) is 3.81. The first kappa shape index (κ1) is 29.7.